The quantitative estimate of drug-likeness (QED) is 0.394. The molecule has 3 N–H and O–H groups in total. The second-order valence-electron chi connectivity index (χ2n) is 6.01. The summed E-state index contributed by atoms with van der Waals surface area (Å²) in [6, 6.07) is 19.7. The minimum Gasteiger partial charge on any atom is -0.399 e. The molecule has 132 valence electrons. The molecule has 0 atom stereocenters. The van der Waals surface area contributed by atoms with E-state index in [-0.39, 0.29) is 5.78 Å². The van der Waals surface area contributed by atoms with Gasteiger partial charge in [-0.2, -0.15) is 0 Å². The Hall–Kier alpha value is -3.44. The van der Waals surface area contributed by atoms with Crippen LogP contribution in [0.25, 0.3) is 10.9 Å². The third-order valence-corrected chi connectivity index (χ3v) is 4.48. The molecule has 0 radical (unpaired) electrons. The molecular weight excluding hydrogens is 360 g/mol. The van der Waals surface area contributed by atoms with Gasteiger partial charge in [-0.25, -0.2) is 9.97 Å². The fraction of sp³-hybridized carbons (Fsp3) is 0. The van der Waals surface area contributed by atoms with Crippen LogP contribution in [-0.4, -0.2) is 15.8 Å². The number of aromatic nitrogens is 2. The summed E-state index contributed by atoms with van der Waals surface area (Å²) >= 11 is 6.37. The van der Waals surface area contributed by atoms with Gasteiger partial charge in [-0.05, 0) is 36.4 Å². The van der Waals surface area contributed by atoms with Crippen LogP contribution in [0.15, 0.2) is 73.1 Å². The van der Waals surface area contributed by atoms with Crippen molar-refractivity contribution in [2.45, 2.75) is 0 Å². The van der Waals surface area contributed by atoms with Crippen molar-refractivity contribution in [2.75, 3.05) is 11.1 Å². The molecule has 3 aromatic carbocycles. The molecule has 0 unspecified atom stereocenters. The lowest BCUT2D eigenvalue weighted by molar-refractivity contribution is 0.103. The van der Waals surface area contributed by atoms with Crippen molar-refractivity contribution in [3.05, 3.63) is 89.2 Å². The molecule has 0 aliphatic carbocycles. The van der Waals surface area contributed by atoms with E-state index in [9.17, 15) is 4.79 Å². The van der Waals surface area contributed by atoms with Gasteiger partial charge in [-0.3, -0.25) is 4.79 Å². The van der Waals surface area contributed by atoms with Gasteiger partial charge in [0.15, 0.2) is 5.78 Å². The Kier molecular flexibility index (Phi) is 4.44. The topological polar surface area (TPSA) is 80.9 Å². The molecular formula is C21H15ClN4O. The minimum absolute atomic E-state index is 0.118. The molecule has 1 heterocycles. The van der Waals surface area contributed by atoms with Crippen molar-refractivity contribution in [1.29, 1.82) is 0 Å². The molecule has 0 amide bonds. The van der Waals surface area contributed by atoms with Crippen molar-refractivity contribution in [1.82, 2.24) is 9.97 Å². The van der Waals surface area contributed by atoms with Gasteiger partial charge in [0, 0.05) is 27.9 Å². The van der Waals surface area contributed by atoms with Crippen LogP contribution in [0.3, 0.4) is 0 Å². The summed E-state index contributed by atoms with van der Waals surface area (Å²) in [6.07, 6.45) is 1.48. The highest BCUT2D eigenvalue weighted by Crippen LogP contribution is 2.28. The number of nitrogen functional groups attached to an aromatic ring is 1. The van der Waals surface area contributed by atoms with Gasteiger partial charge in [0.2, 0.25) is 0 Å². The maximum Gasteiger partial charge on any atom is 0.194 e. The Labute approximate surface area is 160 Å². The fourth-order valence-electron chi connectivity index (χ4n) is 2.83. The lowest BCUT2D eigenvalue weighted by Crippen LogP contribution is -2.03. The van der Waals surface area contributed by atoms with Gasteiger partial charge >= 0.3 is 0 Å². The van der Waals surface area contributed by atoms with Crippen molar-refractivity contribution in [3.8, 4) is 0 Å². The fourth-order valence-corrected chi connectivity index (χ4v) is 3.10. The Morgan fingerprint density at radius 3 is 2.56 bits per heavy atom. The van der Waals surface area contributed by atoms with Crippen LogP contribution in [0.5, 0.6) is 0 Å². The van der Waals surface area contributed by atoms with E-state index in [1.807, 2.05) is 30.3 Å². The van der Waals surface area contributed by atoms with Crippen LogP contribution in [0.4, 0.5) is 17.2 Å². The van der Waals surface area contributed by atoms with Gasteiger partial charge in [0.1, 0.15) is 12.1 Å². The number of carbonyl (C=O) groups is 1. The molecule has 0 saturated carbocycles. The summed E-state index contributed by atoms with van der Waals surface area (Å²) in [6.45, 7) is 0. The summed E-state index contributed by atoms with van der Waals surface area (Å²) < 4.78 is 0. The maximum atomic E-state index is 12.6. The van der Waals surface area contributed by atoms with Crippen LogP contribution in [0, 0.1) is 0 Å². The summed E-state index contributed by atoms with van der Waals surface area (Å²) in [5, 5.41) is 4.39. The SMILES string of the molecule is Nc1ccc2ncnc(Nc3ccc(C(=O)c4ccccc4)c(Cl)c3)c2c1. The molecule has 4 rings (SSSR count). The van der Waals surface area contributed by atoms with Crippen molar-refractivity contribution in [3.63, 3.8) is 0 Å². The number of nitrogens with one attached hydrogen (secondary N) is 1. The Balaban J connectivity index is 1.66. The van der Waals surface area contributed by atoms with E-state index in [0.29, 0.717) is 33.3 Å². The number of anilines is 3. The van der Waals surface area contributed by atoms with Crippen LogP contribution >= 0.6 is 11.6 Å². The molecule has 0 aliphatic heterocycles. The van der Waals surface area contributed by atoms with Crippen LogP contribution in [0.2, 0.25) is 5.02 Å². The molecule has 6 heteroatoms. The van der Waals surface area contributed by atoms with E-state index in [1.165, 1.54) is 6.33 Å². The number of hydrogen-bond donors (Lipinski definition) is 2. The van der Waals surface area contributed by atoms with E-state index < -0.39 is 0 Å². The van der Waals surface area contributed by atoms with Crippen LogP contribution in [0.1, 0.15) is 15.9 Å². The average Bonchev–Trinajstić information content (AvgIpc) is 2.69. The number of nitrogens with zero attached hydrogens (tertiary/aromatic N) is 2. The smallest absolute Gasteiger partial charge is 0.194 e. The monoisotopic (exact) mass is 374 g/mol. The van der Waals surface area contributed by atoms with Gasteiger partial charge in [0.05, 0.1) is 10.5 Å². The number of halogens is 1. The van der Waals surface area contributed by atoms with Gasteiger partial charge < -0.3 is 11.1 Å². The molecule has 0 spiro atoms. The zero-order valence-corrected chi connectivity index (χ0v) is 14.9. The summed E-state index contributed by atoms with van der Waals surface area (Å²) in [5.41, 5.74) is 9.04. The second-order valence-corrected chi connectivity index (χ2v) is 6.42. The van der Waals surface area contributed by atoms with Crippen molar-refractivity contribution in [2.24, 2.45) is 0 Å². The average molecular weight is 375 g/mol. The largest absolute Gasteiger partial charge is 0.399 e. The van der Waals surface area contributed by atoms with E-state index in [1.54, 1.807) is 36.4 Å². The van der Waals surface area contributed by atoms with E-state index in [0.717, 1.165) is 10.9 Å². The third kappa shape index (κ3) is 3.45. The predicted molar refractivity (Wildman–Crippen MR) is 109 cm³/mol. The zero-order valence-electron chi connectivity index (χ0n) is 14.2. The first-order valence-electron chi connectivity index (χ1n) is 8.28. The number of rotatable bonds is 4. The highest BCUT2D eigenvalue weighted by molar-refractivity contribution is 6.35. The standard InChI is InChI=1S/C21H15ClN4O/c22-18-11-15(7-8-16(18)20(27)13-4-2-1-3-5-13)26-21-17-10-14(23)6-9-19(17)24-12-25-21/h1-12H,23H2,(H,24,25,26). The molecule has 5 nitrogen and oxygen atoms in total. The van der Waals surface area contributed by atoms with Gasteiger partial charge in [-0.15, -0.1) is 0 Å². The minimum atomic E-state index is -0.118. The van der Waals surface area contributed by atoms with Gasteiger partial charge in [-0.1, -0.05) is 41.9 Å². The maximum absolute atomic E-state index is 12.6. The molecule has 0 bridgehead atoms. The number of benzene rings is 3. The highest BCUT2D eigenvalue weighted by Gasteiger charge is 2.13. The first-order valence-corrected chi connectivity index (χ1v) is 8.66. The third-order valence-electron chi connectivity index (χ3n) is 4.17. The van der Waals surface area contributed by atoms with E-state index >= 15 is 0 Å². The second kappa shape index (κ2) is 7.05. The lowest BCUT2D eigenvalue weighted by Gasteiger charge is -2.11. The first kappa shape index (κ1) is 17.0. The van der Waals surface area contributed by atoms with Crippen molar-refractivity contribution >= 4 is 45.5 Å². The van der Waals surface area contributed by atoms with Crippen molar-refractivity contribution < 1.29 is 4.79 Å². The molecule has 1 aromatic heterocycles. The van der Waals surface area contributed by atoms with E-state index in [2.05, 4.69) is 15.3 Å². The molecule has 4 aromatic rings. The van der Waals surface area contributed by atoms with E-state index in [4.69, 9.17) is 17.3 Å². The lowest BCUT2D eigenvalue weighted by atomic mass is 10.0. The summed E-state index contributed by atoms with van der Waals surface area (Å²) in [4.78, 5) is 21.1. The Morgan fingerprint density at radius 2 is 1.78 bits per heavy atom. The van der Waals surface area contributed by atoms with Crippen LogP contribution in [-0.2, 0) is 0 Å². The molecule has 27 heavy (non-hydrogen) atoms. The number of carbonyl (C=O) groups excluding carboxylic acids is 1. The predicted octanol–water partition coefficient (Wildman–Crippen LogP) is 4.84. The normalized spacial score (nSPS) is 10.7. The molecule has 0 saturated heterocycles. The van der Waals surface area contributed by atoms with Gasteiger partial charge in [0.25, 0.3) is 0 Å². The number of hydrogen-bond acceptors (Lipinski definition) is 5. The Bertz CT molecular complexity index is 1150. The zero-order chi connectivity index (χ0) is 18.8. The number of nitrogens with two attached hydrogens (primary N) is 1. The highest BCUT2D eigenvalue weighted by atomic mass is 35.5. The number of fused-ring (bicyclic) bond motifs is 1. The number of ketones is 1. The first-order chi connectivity index (χ1) is 13.1. The summed E-state index contributed by atoms with van der Waals surface area (Å²) in [7, 11) is 0. The molecule has 0 fully saturated rings. The Morgan fingerprint density at radius 1 is 0.963 bits per heavy atom. The van der Waals surface area contributed by atoms with Crippen LogP contribution < -0.4 is 11.1 Å². The molecule has 0 aliphatic rings. The summed E-state index contributed by atoms with van der Waals surface area (Å²) in [5.74, 6) is 0.498.